The van der Waals surface area contributed by atoms with Crippen molar-refractivity contribution in [3.63, 3.8) is 0 Å². The van der Waals surface area contributed by atoms with Crippen LogP contribution in [0.25, 0.3) is 0 Å². The van der Waals surface area contributed by atoms with Gasteiger partial charge in [-0.25, -0.2) is 0 Å². The monoisotopic (exact) mass is 305 g/mol. The highest BCUT2D eigenvalue weighted by molar-refractivity contribution is 5.79. The molecule has 0 amide bonds. The molecular formula is C19H31NO2. The summed E-state index contributed by atoms with van der Waals surface area (Å²) in [6, 6.07) is 6.15. The molecule has 3 nitrogen and oxygen atoms in total. The van der Waals surface area contributed by atoms with Crippen LogP contribution in [0.3, 0.4) is 0 Å². The molecule has 0 aliphatic heterocycles. The van der Waals surface area contributed by atoms with Crippen LogP contribution in [0.2, 0.25) is 0 Å². The van der Waals surface area contributed by atoms with Crippen LogP contribution in [0.15, 0.2) is 18.2 Å². The number of rotatable bonds is 7. The second-order valence-corrected chi connectivity index (χ2v) is 7.13. The van der Waals surface area contributed by atoms with Crippen LogP contribution in [0.1, 0.15) is 71.4 Å². The number of ether oxygens (including phenoxy) is 1. The second-order valence-electron chi connectivity index (χ2n) is 7.13. The minimum absolute atomic E-state index is 0.177. The number of esters is 1. The van der Waals surface area contributed by atoms with E-state index in [2.05, 4.69) is 45.1 Å². The molecule has 1 aromatic carbocycles. The van der Waals surface area contributed by atoms with Crippen molar-refractivity contribution in [1.29, 1.82) is 0 Å². The number of hydrogen-bond acceptors (Lipinski definition) is 3. The first-order valence-corrected chi connectivity index (χ1v) is 8.26. The Morgan fingerprint density at radius 3 is 2.05 bits per heavy atom. The summed E-state index contributed by atoms with van der Waals surface area (Å²) in [6.45, 7) is 15.8. The van der Waals surface area contributed by atoms with Crippen molar-refractivity contribution in [3.05, 3.63) is 29.3 Å². The Balaban J connectivity index is 3.12. The predicted octanol–water partition coefficient (Wildman–Crippen LogP) is 4.47. The van der Waals surface area contributed by atoms with E-state index in [9.17, 15) is 4.79 Å². The zero-order chi connectivity index (χ0) is 16.9. The molecule has 0 saturated heterocycles. The van der Waals surface area contributed by atoms with Crippen molar-refractivity contribution in [1.82, 2.24) is 5.32 Å². The maximum absolute atomic E-state index is 12.6. The van der Waals surface area contributed by atoms with Gasteiger partial charge in [-0.1, -0.05) is 52.8 Å². The molecule has 0 heterocycles. The third-order valence-corrected chi connectivity index (χ3v) is 3.88. The normalized spacial score (nSPS) is 12.0. The molecule has 0 bridgehead atoms. The van der Waals surface area contributed by atoms with Crippen molar-refractivity contribution in [3.8, 4) is 5.75 Å². The van der Waals surface area contributed by atoms with Crippen molar-refractivity contribution in [2.75, 3.05) is 13.1 Å². The van der Waals surface area contributed by atoms with Gasteiger partial charge in [0.25, 0.3) is 0 Å². The topological polar surface area (TPSA) is 38.3 Å². The molecule has 0 aromatic heterocycles. The molecule has 0 saturated carbocycles. The third-order valence-electron chi connectivity index (χ3n) is 3.88. The van der Waals surface area contributed by atoms with Crippen molar-refractivity contribution >= 4 is 5.97 Å². The first kappa shape index (κ1) is 18.7. The number of hydrogen-bond donors (Lipinski definition) is 1. The van der Waals surface area contributed by atoms with Gasteiger partial charge in [0, 0.05) is 6.54 Å². The maximum Gasteiger partial charge on any atom is 0.318 e. The molecule has 0 unspecified atom stereocenters. The molecule has 3 heteroatoms. The van der Waals surface area contributed by atoms with Crippen molar-refractivity contribution < 1.29 is 9.53 Å². The van der Waals surface area contributed by atoms with Crippen LogP contribution in [0.5, 0.6) is 5.75 Å². The van der Waals surface area contributed by atoms with Crippen LogP contribution in [-0.4, -0.2) is 19.1 Å². The Kier molecular flexibility index (Phi) is 6.61. The van der Waals surface area contributed by atoms with Crippen LogP contribution in [0.4, 0.5) is 0 Å². The van der Waals surface area contributed by atoms with E-state index in [1.165, 1.54) is 0 Å². The van der Waals surface area contributed by atoms with E-state index in [-0.39, 0.29) is 5.97 Å². The summed E-state index contributed by atoms with van der Waals surface area (Å²) in [5.41, 5.74) is 1.64. The molecule has 0 atom stereocenters. The summed E-state index contributed by atoms with van der Waals surface area (Å²) < 4.78 is 5.88. The number of carbonyl (C=O) groups excluding carboxylic acids is 1. The van der Waals surface area contributed by atoms with Crippen molar-refractivity contribution in [2.45, 2.75) is 60.3 Å². The molecule has 0 spiro atoms. The van der Waals surface area contributed by atoms with Gasteiger partial charge in [-0.15, -0.1) is 0 Å². The highest BCUT2D eigenvalue weighted by Crippen LogP contribution is 2.35. The fourth-order valence-corrected chi connectivity index (χ4v) is 2.34. The first-order valence-electron chi connectivity index (χ1n) is 8.26. The summed E-state index contributed by atoms with van der Waals surface area (Å²) in [7, 11) is 0. The largest absolute Gasteiger partial charge is 0.425 e. The molecule has 1 aromatic rings. The Morgan fingerprint density at radius 1 is 1.14 bits per heavy atom. The molecular weight excluding hydrogens is 274 g/mol. The Morgan fingerprint density at radius 2 is 1.64 bits per heavy atom. The lowest BCUT2D eigenvalue weighted by Crippen LogP contribution is -2.39. The zero-order valence-electron chi connectivity index (χ0n) is 15.1. The van der Waals surface area contributed by atoms with Gasteiger partial charge in [0.1, 0.15) is 5.75 Å². The predicted molar refractivity (Wildman–Crippen MR) is 92.6 cm³/mol. The minimum atomic E-state index is -0.547. The van der Waals surface area contributed by atoms with Gasteiger partial charge in [0.15, 0.2) is 0 Å². The number of benzene rings is 1. The molecule has 0 aliphatic carbocycles. The second kappa shape index (κ2) is 7.77. The van der Waals surface area contributed by atoms with E-state index >= 15 is 0 Å². The zero-order valence-corrected chi connectivity index (χ0v) is 15.1. The highest BCUT2D eigenvalue weighted by atomic mass is 16.5. The number of para-hydroxylation sites is 1. The summed E-state index contributed by atoms with van der Waals surface area (Å²) in [6.07, 6.45) is 0. The van der Waals surface area contributed by atoms with Crippen LogP contribution < -0.4 is 10.1 Å². The lowest BCUT2D eigenvalue weighted by atomic mass is 9.92. The van der Waals surface area contributed by atoms with Gasteiger partial charge in [0.05, 0.1) is 5.41 Å². The van der Waals surface area contributed by atoms with E-state index in [0.717, 1.165) is 23.4 Å². The minimum Gasteiger partial charge on any atom is -0.425 e. The summed E-state index contributed by atoms with van der Waals surface area (Å²) in [4.78, 5) is 12.6. The summed E-state index contributed by atoms with van der Waals surface area (Å²) in [5.74, 6) is 1.21. The molecule has 0 aliphatic rings. The molecule has 124 valence electrons. The Hall–Kier alpha value is -1.35. The van der Waals surface area contributed by atoms with Crippen LogP contribution in [0, 0.1) is 5.41 Å². The molecule has 1 N–H and O–H groups in total. The van der Waals surface area contributed by atoms with Gasteiger partial charge < -0.3 is 10.1 Å². The van der Waals surface area contributed by atoms with E-state index in [1.54, 1.807) is 0 Å². The summed E-state index contributed by atoms with van der Waals surface area (Å²) >= 11 is 0. The smallest absolute Gasteiger partial charge is 0.318 e. The standard InChI is InChI=1S/C19H31NO2/c1-8-20-12-19(6,7)18(21)22-17-15(13(2)3)10-9-11-16(17)14(4)5/h9-11,13-14,20H,8,12H2,1-7H3. The average Bonchev–Trinajstić information content (AvgIpc) is 2.44. The molecule has 1 rings (SSSR count). The third kappa shape index (κ3) is 4.57. The van der Waals surface area contributed by atoms with E-state index in [0.29, 0.717) is 18.4 Å². The van der Waals surface area contributed by atoms with Gasteiger partial charge in [-0.2, -0.15) is 0 Å². The van der Waals surface area contributed by atoms with Crippen LogP contribution in [-0.2, 0) is 4.79 Å². The van der Waals surface area contributed by atoms with E-state index in [1.807, 2.05) is 26.8 Å². The fourth-order valence-electron chi connectivity index (χ4n) is 2.34. The molecule has 0 radical (unpaired) electrons. The number of carbonyl (C=O) groups is 1. The lowest BCUT2D eigenvalue weighted by Gasteiger charge is -2.25. The summed E-state index contributed by atoms with van der Waals surface area (Å²) in [5, 5.41) is 3.23. The first-order chi connectivity index (χ1) is 10.2. The van der Waals surface area contributed by atoms with Crippen molar-refractivity contribution in [2.24, 2.45) is 5.41 Å². The SMILES string of the molecule is CCNCC(C)(C)C(=O)Oc1c(C(C)C)cccc1C(C)C. The quantitative estimate of drug-likeness (QED) is 0.596. The Labute approximate surface area is 135 Å². The lowest BCUT2D eigenvalue weighted by molar-refractivity contribution is -0.143. The highest BCUT2D eigenvalue weighted by Gasteiger charge is 2.31. The van der Waals surface area contributed by atoms with Gasteiger partial charge in [-0.05, 0) is 43.4 Å². The number of nitrogens with one attached hydrogen (secondary N) is 1. The van der Waals surface area contributed by atoms with E-state index < -0.39 is 5.41 Å². The van der Waals surface area contributed by atoms with E-state index in [4.69, 9.17) is 4.74 Å². The van der Waals surface area contributed by atoms with Gasteiger partial charge in [0.2, 0.25) is 0 Å². The molecule has 22 heavy (non-hydrogen) atoms. The average molecular weight is 305 g/mol. The fraction of sp³-hybridized carbons (Fsp3) is 0.632. The molecule has 0 fully saturated rings. The van der Waals surface area contributed by atoms with Gasteiger partial charge >= 0.3 is 5.97 Å². The van der Waals surface area contributed by atoms with Gasteiger partial charge in [-0.3, -0.25) is 4.79 Å². The Bertz CT molecular complexity index is 478. The maximum atomic E-state index is 12.6. The van der Waals surface area contributed by atoms with Crippen LogP contribution >= 0.6 is 0 Å².